The summed E-state index contributed by atoms with van der Waals surface area (Å²) in [5.74, 6) is 0. The molecular weight excluding hydrogens is 376 g/mol. The Labute approximate surface area is 174 Å². The number of fused-ring (bicyclic) bond motifs is 1. The second-order valence-electron chi connectivity index (χ2n) is 7.98. The lowest BCUT2D eigenvalue weighted by molar-refractivity contribution is 0.474. The smallest absolute Gasteiger partial charge is 0.317 e. The zero-order valence-electron chi connectivity index (χ0n) is 16.9. The van der Waals surface area contributed by atoms with E-state index in [4.69, 9.17) is 0 Å². The Morgan fingerprint density at radius 2 is 1.57 bits per heavy atom. The van der Waals surface area contributed by atoms with Crippen LogP contribution in [0.3, 0.4) is 0 Å². The second-order valence-corrected chi connectivity index (χ2v) is 7.98. The van der Waals surface area contributed by atoms with Crippen LogP contribution in [0.4, 0.5) is 0 Å². The second kappa shape index (κ2) is 7.44. The maximum absolute atomic E-state index is 13.6. The van der Waals surface area contributed by atoms with Crippen LogP contribution in [0.1, 0.15) is 50.3 Å². The SMILES string of the molecule is C[C@H](c1ccccc1)n1cnc2c1c(=O)n(C1CCCC1)c(=O)n2-c1ccccc1. The summed E-state index contributed by atoms with van der Waals surface area (Å²) < 4.78 is 4.96. The number of aromatic nitrogens is 4. The van der Waals surface area contributed by atoms with Crippen LogP contribution in [-0.4, -0.2) is 18.7 Å². The van der Waals surface area contributed by atoms with Crippen LogP contribution in [-0.2, 0) is 0 Å². The zero-order valence-corrected chi connectivity index (χ0v) is 16.9. The molecule has 0 bridgehead atoms. The first-order valence-corrected chi connectivity index (χ1v) is 10.5. The molecule has 30 heavy (non-hydrogen) atoms. The highest BCUT2D eigenvalue weighted by Gasteiger charge is 2.27. The minimum atomic E-state index is -0.303. The van der Waals surface area contributed by atoms with E-state index in [1.807, 2.05) is 72.2 Å². The molecular formula is C24H24N4O2. The fourth-order valence-corrected chi connectivity index (χ4v) is 4.60. The first-order chi connectivity index (χ1) is 14.7. The van der Waals surface area contributed by atoms with Crippen molar-refractivity contribution >= 4 is 11.2 Å². The Morgan fingerprint density at radius 1 is 0.933 bits per heavy atom. The third kappa shape index (κ3) is 2.91. The highest BCUT2D eigenvalue weighted by molar-refractivity contribution is 5.73. The number of hydrogen-bond acceptors (Lipinski definition) is 3. The summed E-state index contributed by atoms with van der Waals surface area (Å²) in [7, 11) is 0. The molecule has 2 heterocycles. The quantitative estimate of drug-likeness (QED) is 0.519. The Morgan fingerprint density at radius 3 is 2.23 bits per heavy atom. The van der Waals surface area contributed by atoms with Crippen molar-refractivity contribution < 1.29 is 0 Å². The standard InChI is InChI=1S/C24H24N4O2/c1-17(18-10-4-2-5-11-18)26-16-25-22-21(26)23(29)28(20-14-8-9-15-20)24(30)27(22)19-12-6-3-7-13-19/h2-7,10-13,16-17,20H,8-9,14-15H2,1H3/t17-/m1/s1. The van der Waals surface area contributed by atoms with E-state index in [1.165, 1.54) is 4.57 Å². The van der Waals surface area contributed by atoms with E-state index >= 15 is 0 Å². The molecule has 6 heteroatoms. The number of rotatable bonds is 4. The molecule has 0 radical (unpaired) electrons. The predicted molar refractivity (Wildman–Crippen MR) is 117 cm³/mol. The van der Waals surface area contributed by atoms with Crippen molar-refractivity contribution in [2.24, 2.45) is 0 Å². The average Bonchev–Trinajstić information content (AvgIpc) is 3.45. The van der Waals surface area contributed by atoms with Gasteiger partial charge >= 0.3 is 5.69 Å². The molecule has 0 N–H and O–H groups in total. The number of para-hydroxylation sites is 1. The molecule has 1 fully saturated rings. The summed E-state index contributed by atoms with van der Waals surface area (Å²) >= 11 is 0. The summed E-state index contributed by atoms with van der Waals surface area (Å²) in [6.45, 7) is 2.05. The van der Waals surface area contributed by atoms with Crippen molar-refractivity contribution in [1.82, 2.24) is 18.7 Å². The van der Waals surface area contributed by atoms with Crippen molar-refractivity contribution in [3.05, 3.63) is 93.4 Å². The fraction of sp³-hybridized carbons (Fsp3) is 0.292. The van der Waals surface area contributed by atoms with Crippen LogP contribution < -0.4 is 11.2 Å². The van der Waals surface area contributed by atoms with Gasteiger partial charge in [-0.15, -0.1) is 0 Å². The topological polar surface area (TPSA) is 61.8 Å². The molecule has 2 aromatic carbocycles. The predicted octanol–water partition coefficient (Wildman–Crippen LogP) is 4.07. The van der Waals surface area contributed by atoms with E-state index < -0.39 is 0 Å². The fourth-order valence-electron chi connectivity index (χ4n) is 4.60. The minimum Gasteiger partial charge on any atom is -0.317 e. The summed E-state index contributed by atoms with van der Waals surface area (Å²) in [5, 5.41) is 0. The van der Waals surface area contributed by atoms with Gasteiger partial charge in [0, 0.05) is 6.04 Å². The summed E-state index contributed by atoms with van der Waals surface area (Å²) in [5.41, 5.74) is 2.14. The molecule has 1 aliphatic rings. The molecule has 4 aromatic rings. The van der Waals surface area contributed by atoms with Gasteiger partial charge in [-0.1, -0.05) is 61.4 Å². The molecule has 1 saturated carbocycles. The molecule has 5 rings (SSSR count). The largest absolute Gasteiger partial charge is 0.337 e. The molecule has 152 valence electrons. The number of hydrogen-bond donors (Lipinski definition) is 0. The summed E-state index contributed by atoms with van der Waals surface area (Å²) in [6.07, 6.45) is 5.48. The lowest BCUT2D eigenvalue weighted by atomic mass is 10.1. The van der Waals surface area contributed by atoms with Crippen molar-refractivity contribution in [3.8, 4) is 5.69 Å². The minimum absolute atomic E-state index is 0.0558. The Bertz CT molecular complexity index is 1300. The van der Waals surface area contributed by atoms with E-state index in [0.717, 1.165) is 36.9 Å². The third-order valence-corrected chi connectivity index (χ3v) is 6.21. The molecule has 0 unspecified atom stereocenters. The number of nitrogens with zero attached hydrogens (tertiary/aromatic N) is 4. The Kier molecular flexibility index (Phi) is 4.62. The monoisotopic (exact) mass is 400 g/mol. The lowest BCUT2D eigenvalue weighted by Crippen LogP contribution is -2.42. The van der Waals surface area contributed by atoms with Crippen LogP contribution >= 0.6 is 0 Å². The lowest BCUT2D eigenvalue weighted by Gasteiger charge is -2.19. The molecule has 0 aliphatic heterocycles. The highest BCUT2D eigenvalue weighted by Crippen LogP contribution is 2.28. The van der Waals surface area contributed by atoms with E-state index in [9.17, 15) is 9.59 Å². The van der Waals surface area contributed by atoms with Crippen LogP contribution in [0.25, 0.3) is 16.9 Å². The van der Waals surface area contributed by atoms with E-state index in [2.05, 4.69) is 4.98 Å². The van der Waals surface area contributed by atoms with Gasteiger partial charge in [-0.05, 0) is 37.5 Å². The van der Waals surface area contributed by atoms with Gasteiger partial charge in [-0.25, -0.2) is 14.3 Å². The molecule has 0 saturated heterocycles. The third-order valence-electron chi connectivity index (χ3n) is 6.21. The Balaban J connectivity index is 1.83. The molecule has 0 spiro atoms. The average molecular weight is 400 g/mol. The van der Waals surface area contributed by atoms with Gasteiger partial charge in [0.05, 0.1) is 18.1 Å². The number of imidazole rings is 1. The van der Waals surface area contributed by atoms with E-state index in [0.29, 0.717) is 11.2 Å². The molecule has 6 nitrogen and oxygen atoms in total. The molecule has 2 aromatic heterocycles. The highest BCUT2D eigenvalue weighted by atomic mass is 16.2. The summed E-state index contributed by atoms with van der Waals surface area (Å²) in [6, 6.07) is 19.3. The summed E-state index contributed by atoms with van der Waals surface area (Å²) in [4.78, 5) is 31.7. The van der Waals surface area contributed by atoms with Crippen LogP contribution in [0, 0.1) is 0 Å². The van der Waals surface area contributed by atoms with Gasteiger partial charge in [0.25, 0.3) is 5.56 Å². The van der Waals surface area contributed by atoms with E-state index in [-0.39, 0.29) is 23.3 Å². The van der Waals surface area contributed by atoms with Crippen LogP contribution in [0.2, 0.25) is 0 Å². The van der Waals surface area contributed by atoms with Crippen molar-refractivity contribution in [3.63, 3.8) is 0 Å². The molecule has 0 amide bonds. The maximum atomic E-state index is 13.6. The van der Waals surface area contributed by atoms with Crippen LogP contribution in [0.5, 0.6) is 0 Å². The van der Waals surface area contributed by atoms with Crippen molar-refractivity contribution in [2.75, 3.05) is 0 Å². The van der Waals surface area contributed by atoms with Crippen molar-refractivity contribution in [2.45, 2.75) is 44.7 Å². The molecule has 1 atom stereocenters. The van der Waals surface area contributed by atoms with Crippen LogP contribution in [0.15, 0.2) is 76.6 Å². The zero-order chi connectivity index (χ0) is 20.7. The van der Waals surface area contributed by atoms with Gasteiger partial charge in [-0.3, -0.25) is 9.36 Å². The van der Waals surface area contributed by atoms with E-state index in [1.54, 1.807) is 10.9 Å². The molecule has 1 aliphatic carbocycles. The van der Waals surface area contributed by atoms with Gasteiger partial charge in [0.2, 0.25) is 0 Å². The van der Waals surface area contributed by atoms with Gasteiger partial charge < -0.3 is 4.57 Å². The number of benzene rings is 2. The van der Waals surface area contributed by atoms with Gasteiger partial charge in [0.1, 0.15) is 0 Å². The van der Waals surface area contributed by atoms with Gasteiger partial charge in [-0.2, -0.15) is 0 Å². The first-order valence-electron chi connectivity index (χ1n) is 10.5. The van der Waals surface area contributed by atoms with Crippen molar-refractivity contribution in [1.29, 1.82) is 0 Å². The maximum Gasteiger partial charge on any atom is 0.337 e. The van der Waals surface area contributed by atoms with Gasteiger partial charge in [0.15, 0.2) is 11.2 Å². The normalized spacial score (nSPS) is 15.6. The first kappa shape index (κ1) is 18.6. The Hall–Kier alpha value is -3.41.